The van der Waals surface area contributed by atoms with Crippen molar-refractivity contribution < 1.29 is 31.6 Å². The molecule has 0 bridgehead atoms. The second-order valence-electron chi connectivity index (χ2n) is 7.02. The van der Waals surface area contributed by atoms with Crippen LogP contribution in [0.3, 0.4) is 0 Å². The predicted molar refractivity (Wildman–Crippen MR) is 100 cm³/mol. The molecule has 1 heterocycles. The number of hydrogen-bond acceptors (Lipinski definition) is 4. The molecule has 1 saturated heterocycles. The average molecular weight is 432 g/mol. The second-order valence-corrected chi connectivity index (χ2v) is 8.50. The number of hydrogen-bond donors (Lipinski definition) is 1. The van der Waals surface area contributed by atoms with Crippen molar-refractivity contribution in [1.82, 2.24) is 9.62 Å². The zero-order valence-corrected chi connectivity index (χ0v) is 16.7. The van der Waals surface area contributed by atoms with E-state index in [4.69, 9.17) is 4.74 Å². The van der Waals surface area contributed by atoms with Gasteiger partial charge in [0.25, 0.3) is 5.91 Å². The van der Waals surface area contributed by atoms with Gasteiger partial charge in [-0.2, -0.15) is 0 Å². The lowest BCUT2D eigenvalue weighted by molar-refractivity contribution is -0.274. The molecule has 1 saturated carbocycles. The number of methoxy groups -OCH3 is 1. The molecule has 160 valence electrons. The SMILES string of the molecule is COC(=CC1CCN(S(=O)c2ccc(OC(F)(F)F)cc2)CC1)C(=O)NC1CC1. The lowest BCUT2D eigenvalue weighted by atomic mass is 9.97. The predicted octanol–water partition coefficient (Wildman–Crippen LogP) is 3.13. The quantitative estimate of drug-likeness (QED) is 0.531. The van der Waals surface area contributed by atoms with Crippen molar-refractivity contribution in [3.05, 3.63) is 36.1 Å². The van der Waals surface area contributed by atoms with Crippen molar-refractivity contribution in [2.24, 2.45) is 5.92 Å². The molecule has 1 N–H and O–H groups in total. The number of rotatable bonds is 7. The molecule has 0 aromatic heterocycles. The summed E-state index contributed by atoms with van der Waals surface area (Å²) in [6, 6.07) is 5.29. The van der Waals surface area contributed by atoms with E-state index in [0.717, 1.165) is 25.0 Å². The molecule has 0 spiro atoms. The molecule has 6 nitrogen and oxygen atoms in total. The van der Waals surface area contributed by atoms with E-state index in [9.17, 15) is 22.2 Å². The van der Waals surface area contributed by atoms with Gasteiger partial charge in [0.2, 0.25) is 0 Å². The minimum atomic E-state index is -4.76. The van der Waals surface area contributed by atoms with Crippen LogP contribution >= 0.6 is 0 Å². The molecule has 1 amide bonds. The van der Waals surface area contributed by atoms with Crippen LogP contribution in [-0.4, -0.2) is 47.0 Å². The number of nitrogens with zero attached hydrogens (tertiary/aromatic N) is 1. The van der Waals surface area contributed by atoms with E-state index in [1.165, 1.54) is 19.2 Å². The third-order valence-electron chi connectivity index (χ3n) is 4.74. The molecular weight excluding hydrogens is 409 g/mol. The van der Waals surface area contributed by atoms with E-state index in [1.807, 2.05) is 6.08 Å². The number of allylic oxidation sites excluding steroid dienone is 1. The number of alkyl halides is 3. The number of amides is 1. The van der Waals surface area contributed by atoms with Gasteiger partial charge in [-0.1, -0.05) is 0 Å². The highest BCUT2D eigenvalue weighted by molar-refractivity contribution is 7.82. The molecule has 1 unspecified atom stereocenters. The minimum absolute atomic E-state index is 0.130. The van der Waals surface area contributed by atoms with Crippen molar-refractivity contribution in [2.45, 2.75) is 43.0 Å². The van der Waals surface area contributed by atoms with Crippen LogP contribution in [0.5, 0.6) is 5.75 Å². The largest absolute Gasteiger partial charge is 0.573 e. The fourth-order valence-electron chi connectivity index (χ4n) is 3.05. The molecular formula is C19H23F3N2O4S. The number of ether oxygens (including phenoxy) is 2. The third kappa shape index (κ3) is 6.46. The highest BCUT2D eigenvalue weighted by atomic mass is 32.2. The molecule has 1 aliphatic heterocycles. The van der Waals surface area contributed by atoms with Crippen molar-refractivity contribution in [3.8, 4) is 5.75 Å². The maximum atomic E-state index is 12.7. The maximum absolute atomic E-state index is 12.7. The highest BCUT2D eigenvalue weighted by Gasteiger charge is 2.31. The molecule has 1 aromatic carbocycles. The van der Waals surface area contributed by atoms with Gasteiger partial charge in [-0.15, -0.1) is 13.2 Å². The Bertz CT molecular complexity index is 771. The molecule has 3 rings (SSSR count). The van der Waals surface area contributed by atoms with Gasteiger partial charge in [0.1, 0.15) is 16.7 Å². The van der Waals surface area contributed by atoms with Gasteiger partial charge in [-0.3, -0.25) is 4.79 Å². The highest BCUT2D eigenvalue weighted by Crippen LogP contribution is 2.27. The van der Waals surface area contributed by atoms with Crippen molar-refractivity contribution >= 4 is 16.9 Å². The summed E-state index contributed by atoms with van der Waals surface area (Å²) < 4.78 is 60.2. The Kier molecular flexibility index (Phi) is 6.84. The number of nitrogens with one attached hydrogen (secondary N) is 1. The summed E-state index contributed by atoms with van der Waals surface area (Å²) >= 11 is 0. The van der Waals surface area contributed by atoms with Gasteiger partial charge in [-0.05, 0) is 61.9 Å². The number of carbonyl (C=O) groups is 1. The maximum Gasteiger partial charge on any atom is 0.573 e. The fraction of sp³-hybridized carbons (Fsp3) is 0.526. The molecule has 29 heavy (non-hydrogen) atoms. The van der Waals surface area contributed by atoms with E-state index in [-0.39, 0.29) is 23.6 Å². The van der Waals surface area contributed by atoms with Crippen LogP contribution < -0.4 is 10.1 Å². The van der Waals surface area contributed by atoms with Gasteiger partial charge in [0.05, 0.1) is 12.0 Å². The van der Waals surface area contributed by atoms with E-state index in [2.05, 4.69) is 10.1 Å². The first-order chi connectivity index (χ1) is 13.7. The summed E-state index contributed by atoms with van der Waals surface area (Å²) in [7, 11) is -0.00675. The van der Waals surface area contributed by atoms with Crippen molar-refractivity contribution in [1.29, 1.82) is 0 Å². The Labute approximate surface area is 169 Å². The van der Waals surface area contributed by atoms with Gasteiger partial charge < -0.3 is 14.8 Å². The van der Waals surface area contributed by atoms with Crippen LogP contribution in [0.15, 0.2) is 41.0 Å². The Morgan fingerprint density at radius 3 is 2.31 bits per heavy atom. The van der Waals surface area contributed by atoms with Gasteiger partial charge in [0, 0.05) is 19.1 Å². The van der Waals surface area contributed by atoms with Crippen LogP contribution in [0.4, 0.5) is 13.2 Å². The number of piperidine rings is 1. The zero-order chi connectivity index (χ0) is 21.0. The van der Waals surface area contributed by atoms with E-state index < -0.39 is 17.3 Å². The Morgan fingerprint density at radius 2 is 1.79 bits per heavy atom. The normalized spacial score (nSPS) is 20.2. The fourth-order valence-corrected chi connectivity index (χ4v) is 4.26. The monoisotopic (exact) mass is 432 g/mol. The summed E-state index contributed by atoms with van der Waals surface area (Å²) in [4.78, 5) is 12.5. The molecule has 2 aliphatic rings. The molecule has 1 aromatic rings. The van der Waals surface area contributed by atoms with Gasteiger partial charge in [0.15, 0.2) is 5.76 Å². The van der Waals surface area contributed by atoms with Crippen LogP contribution in [0, 0.1) is 5.92 Å². The first-order valence-corrected chi connectivity index (χ1v) is 10.4. The first kappa shape index (κ1) is 21.6. The first-order valence-electron chi connectivity index (χ1n) is 9.34. The molecule has 10 heteroatoms. The molecule has 0 radical (unpaired) electrons. The number of halogens is 3. The Balaban J connectivity index is 1.53. The van der Waals surface area contributed by atoms with Crippen LogP contribution in [-0.2, 0) is 20.5 Å². The zero-order valence-electron chi connectivity index (χ0n) is 15.9. The summed E-state index contributed by atoms with van der Waals surface area (Å²) in [5.41, 5.74) is 0. The lowest BCUT2D eigenvalue weighted by Gasteiger charge is -2.29. The summed E-state index contributed by atoms with van der Waals surface area (Å²) in [5.74, 6) is -0.122. The average Bonchev–Trinajstić information content (AvgIpc) is 3.49. The van der Waals surface area contributed by atoms with E-state index >= 15 is 0 Å². The Morgan fingerprint density at radius 1 is 1.17 bits per heavy atom. The molecule has 1 aliphatic carbocycles. The number of benzene rings is 1. The standard InChI is InChI=1S/C19H23F3N2O4S/c1-27-17(18(25)23-14-2-3-14)12-13-8-10-24(11-9-13)29(26)16-6-4-15(5-7-16)28-19(20,21)22/h4-7,12-14H,2-3,8-11H2,1H3,(H,23,25). The Hall–Kier alpha value is -2.07. The van der Waals surface area contributed by atoms with Crippen LogP contribution in [0.25, 0.3) is 0 Å². The molecule has 2 fully saturated rings. The second kappa shape index (κ2) is 9.17. The minimum Gasteiger partial charge on any atom is -0.491 e. The topological polar surface area (TPSA) is 67.9 Å². The van der Waals surface area contributed by atoms with E-state index in [1.54, 1.807) is 4.31 Å². The lowest BCUT2D eigenvalue weighted by Crippen LogP contribution is -2.35. The summed E-state index contributed by atoms with van der Waals surface area (Å²) in [5, 5.41) is 2.89. The van der Waals surface area contributed by atoms with Crippen LogP contribution in [0.1, 0.15) is 25.7 Å². The molecule has 1 atom stereocenters. The van der Waals surface area contributed by atoms with Crippen LogP contribution in [0.2, 0.25) is 0 Å². The van der Waals surface area contributed by atoms with Gasteiger partial charge >= 0.3 is 6.36 Å². The van der Waals surface area contributed by atoms with Gasteiger partial charge in [-0.25, -0.2) is 8.51 Å². The number of carbonyl (C=O) groups excluding carboxylic acids is 1. The third-order valence-corrected chi connectivity index (χ3v) is 6.24. The summed E-state index contributed by atoms with van der Waals surface area (Å²) in [6.45, 7) is 1.08. The summed E-state index contributed by atoms with van der Waals surface area (Å²) in [6.07, 6.45) is 0.454. The smallest absolute Gasteiger partial charge is 0.491 e. The van der Waals surface area contributed by atoms with E-state index in [0.29, 0.717) is 36.6 Å². The van der Waals surface area contributed by atoms with Crippen molar-refractivity contribution in [2.75, 3.05) is 20.2 Å². The van der Waals surface area contributed by atoms with Crippen molar-refractivity contribution in [3.63, 3.8) is 0 Å².